The lowest BCUT2D eigenvalue weighted by Gasteiger charge is -2.25. The Hall–Kier alpha value is -2.62. The molecule has 0 fully saturated rings. The summed E-state index contributed by atoms with van der Waals surface area (Å²) in [4.78, 5) is 11.3. The van der Waals surface area contributed by atoms with Crippen molar-refractivity contribution < 1.29 is 9.90 Å². The monoisotopic (exact) mass is 294 g/mol. The molecule has 4 nitrogen and oxygen atoms in total. The van der Waals surface area contributed by atoms with Crippen LogP contribution in [0.2, 0.25) is 0 Å². The van der Waals surface area contributed by atoms with Gasteiger partial charge in [-0.2, -0.15) is 5.10 Å². The largest absolute Gasteiger partial charge is 0.477 e. The van der Waals surface area contributed by atoms with Gasteiger partial charge in [0.1, 0.15) is 5.71 Å². The van der Waals surface area contributed by atoms with E-state index in [0.717, 1.165) is 22.4 Å². The minimum absolute atomic E-state index is 0.0761. The average Bonchev–Trinajstić information content (AvgIpc) is 2.96. The van der Waals surface area contributed by atoms with Gasteiger partial charge in [-0.25, -0.2) is 4.79 Å². The van der Waals surface area contributed by atoms with Gasteiger partial charge in [-0.15, -0.1) is 0 Å². The third kappa shape index (κ3) is 2.60. The van der Waals surface area contributed by atoms with E-state index in [0.29, 0.717) is 6.42 Å². The minimum atomic E-state index is -0.950. The molecule has 4 heteroatoms. The quantitative estimate of drug-likeness (QED) is 0.939. The number of carbonyl (C=O) groups is 1. The first-order chi connectivity index (χ1) is 10.6. The molecule has 0 aromatic heterocycles. The van der Waals surface area contributed by atoms with E-state index in [1.165, 1.54) is 0 Å². The summed E-state index contributed by atoms with van der Waals surface area (Å²) in [5.41, 5.74) is 4.46. The number of aliphatic carboxylic acids is 1. The van der Waals surface area contributed by atoms with Crippen LogP contribution < -0.4 is 5.01 Å². The average molecular weight is 294 g/mol. The first kappa shape index (κ1) is 14.3. The van der Waals surface area contributed by atoms with Crippen molar-refractivity contribution in [2.45, 2.75) is 26.3 Å². The normalized spacial score (nSPS) is 17.5. The van der Waals surface area contributed by atoms with Gasteiger partial charge in [-0.1, -0.05) is 42.5 Å². The topological polar surface area (TPSA) is 52.9 Å². The predicted octanol–water partition coefficient (Wildman–Crippen LogP) is 3.70. The molecule has 0 aliphatic carbocycles. The van der Waals surface area contributed by atoms with Gasteiger partial charge in [0, 0.05) is 6.42 Å². The zero-order valence-electron chi connectivity index (χ0n) is 12.7. The number of hydrogen-bond donors (Lipinski definition) is 1. The van der Waals surface area contributed by atoms with Gasteiger partial charge >= 0.3 is 5.97 Å². The summed E-state index contributed by atoms with van der Waals surface area (Å²) >= 11 is 0. The number of hydrogen-bond acceptors (Lipinski definition) is 3. The van der Waals surface area contributed by atoms with E-state index in [1.54, 1.807) is 0 Å². The van der Waals surface area contributed by atoms with Crippen molar-refractivity contribution in [2.24, 2.45) is 5.10 Å². The van der Waals surface area contributed by atoms with Crippen molar-refractivity contribution in [3.8, 4) is 0 Å². The molecule has 1 N–H and O–H groups in total. The van der Waals surface area contributed by atoms with Crippen LogP contribution in [0.4, 0.5) is 5.69 Å². The van der Waals surface area contributed by atoms with E-state index in [1.807, 2.05) is 61.3 Å². The van der Waals surface area contributed by atoms with Gasteiger partial charge < -0.3 is 5.11 Å². The Balaban J connectivity index is 2.07. The number of anilines is 1. The second-order valence-electron chi connectivity index (χ2n) is 5.62. The van der Waals surface area contributed by atoms with Gasteiger partial charge in [0.05, 0.1) is 11.7 Å². The van der Waals surface area contributed by atoms with Crippen LogP contribution in [0.1, 0.15) is 29.2 Å². The van der Waals surface area contributed by atoms with Crippen LogP contribution in [0.15, 0.2) is 53.6 Å². The highest BCUT2D eigenvalue weighted by Gasteiger charge is 2.32. The molecule has 1 atom stereocenters. The molecular formula is C18H18N2O2. The third-order valence-electron chi connectivity index (χ3n) is 3.95. The Kier molecular flexibility index (Phi) is 3.67. The van der Waals surface area contributed by atoms with Gasteiger partial charge in [-0.3, -0.25) is 5.01 Å². The fourth-order valence-corrected chi connectivity index (χ4v) is 2.76. The second-order valence-corrected chi connectivity index (χ2v) is 5.62. The van der Waals surface area contributed by atoms with Gasteiger partial charge in [0.2, 0.25) is 0 Å². The van der Waals surface area contributed by atoms with Crippen LogP contribution in [0.25, 0.3) is 0 Å². The van der Waals surface area contributed by atoms with Crippen molar-refractivity contribution >= 4 is 17.4 Å². The molecule has 112 valence electrons. The maximum Gasteiger partial charge on any atom is 0.352 e. The zero-order chi connectivity index (χ0) is 15.7. The smallest absolute Gasteiger partial charge is 0.352 e. The molecule has 1 heterocycles. The number of nitrogens with zero attached hydrogens (tertiary/aromatic N) is 2. The number of carboxylic acids is 1. The van der Waals surface area contributed by atoms with Gasteiger partial charge in [-0.05, 0) is 36.6 Å². The highest BCUT2D eigenvalue weighted by atomic mass is 16.4. The summed E-state index contributed by atoms with van der Waals surface area (Å²) in [6.45, 7) is 4.05. The van der Waals surface area contributed by atoms with Gasteiger partial charge in [0.25, 0.3) is 0 Å². The Morgan fingerprint density at radius 1 is 1.18 bits per heavy atom. The van der Waals surface area contributed by atoms with Crippen LogP contribution in [0, 0.1) is 13.8 Å². The SMILES string of the molecule is Cc1ccc(C)c(N2N=C(C(=O)O)CC2c2ccccc2)c1. The van der Waals surface area contributed by atoms with Crippen molar-refractivity contribution in [3.63, 3.8) is 0 Å². The number of benzene rings is 2. The van der Waals surface area contributed by atoms with E-state index < -0.39 is 5.97 Å². The molecular weight excluding hydrogens is 276 g/mol. The Bertz CT molecular complexity index is 738. The van der Waals surface area contributed by atoms with Crippen molar-refractivity contribution in [3.05, 3.63) is 65.2 Å². The predicted molar refractivity (Wildman–Crippen MR) is 87.3 cm³/mol. The summed E-state index contributed by atoms with van der Waals surface area (Å²) in [5.74, 6) is -0.950. The molecule has 0 amide bonds. The van der Waals surface area contributed by atoms with Crippen LogP contribution in [0.3, 0.4) is 0 Å². The van der Waals surface area contributed by atoms with Crippen LogP contribution >= 0.6 is 0 Å². The lowest BCUT2D eigenvalue weighted by atomic mass is 10.0. The van der Waals surface area contributed by atoms with E-state index in [-0.39, 0.29) is 11.8 Å². The fraction of sp³-hybridized carbons (Fsp3) is 0.222. The molecule has 2 aromatic rings. The van der Waals surface area contributed by atoms with Crippen molar-refractivity contribution in [1.29, 1.82) is 0 Å². The number of carboxylic acid groups (broad SMARTS) is 1. The number of rotatable bonds is 3. The summed E-state index contributed by atoms with van der Waals surface area (Å²) in [6, 6.07) is 16.0. The maximum atomic E-state index is 11.3. The number of aryl methyl sites for hydroxylation is 2. The first-order valence-electron chi connectivity index (χ1n) is 7.28. The molecule has 0 saturated carbocycles. The Morgan fingerprint density at radius 2 is 1.91 bits per heavy atom. The Morgan fingerprint density at radius 3 is 2.59 bits per heavy atom. The van der Waals surface area contributed by atoms with Crippen LogP contribution in [-0.4, -0.2) is 16.8 Å². The number of hydrazone groups is 1. The van der Waals surface area contributed by atoms with E-state index in [4.69, 9.17) is 0 Å². The molecule has 3 rings (SSSR count). The Labute approximate surface area is 129 Å². The second kappa shape index (κ2) is 5.64. The molecule has 22 heavy (non-hydrogen) atoms. The standard InChI is InChI=1S/C18H18N2O2/c1-12-8-9-13(2)16(10-12)20-17(11-15(19-20)18(21)22)14-6-4-3-5-7-14/h3-10,17H,11H2,1-2H3,(H,21,22). The summed E-state index contributed by atoms with van der Waals surface area (Å²) in [7, 11) is 0. The highest BCUT2D eigenvalue weighted by Crippen LogP contribution is 2.37. The lowest BCUT2D eigenvalue weighted by molar-refractivity contribution is -0.129. The van der Waals surface area contributed by atoms with Gasteiger partial charge in [0.15, 0.2) is 0 Å². The summed E-state index contributed by atoms with van der Waals surface area (Å²) in [5, 5.41) is 15.5. The lowest BCUT2D eigenvalue weighted by Crippen LogP contribution is -2.19. The van der Waals surface area contributed by atoms with E-state index in [9.17, 15) is 9.90 Å². The zero-order valence-corrected chi connectivity index (χ0v) is 12.7. The van der Waals surface area contributed by atoms with Crippen LogP contribution in [-0.2, 0) is 4.79 Å². The molecule has 0 radical (unpaired) electrons. The molecule has 0 bridgehead atoms. The van der Waals surface area contributed by atoms with E-state index in [2.05, 4.69) is 11.2 Å². The summed E-state index contributed by atoms with van der Waals surface area (Å²) < 4.78 is 0. The minimum Gasteiger partial charge on any atom is -0.477 e. The first-order valence-corrected chi connectivity index (χ1v) is 7.28. The molecule has 1 unspecified atom stereocenters. The maximum absolute atomic E-state index is 11.3. The fourth-order valence-electron chi connectivity index (χ4n) is 2.76. The third-order valence-corrected chi connectivity index (χ3v) is 3.95. The molecule has 0 saturated heterocycles. The van der Waals surface area contributed by atoms with Crippen molar-refractivity contribution in [1.82, 2.24) is 0 Å². The van der Waals surface area contributed by atoms with E-state index >= 15 is 0 Å². The summed E-state index contributed by atoms with van der Waals surface area (Å²) in [6.07, 6.45) is 0.409. The highest BCUT2D eigenvalue weighted by molar-refractivity contribution is 6.36. The molecule has 2 aromatic carbocycles. The molecule has 1 aliphatic heterocycles. The molecule has 0 spiro atoms. The molecule has 1 aliphatic rings. The van der Waals surface area contributed by atoms with Crippen molar-refractivity contribution in [2.75, 3.05) is 5.01 Å². The van der Waals surface area contributed by atoms with Crippen LogP contribution in [0.5, 0.6) is 0 Å².